The number of carboxylic acid groups (broad SMARTS) is 1. The molecule has 0 unspecified atom stereocenters. The molecule has 1 fully saturated rings. The molecule has 1 aliphatic carbocycles. The van der Waals surface area contributed by atoms with E-state index < -0.39 is 18.3 Å². The van der Waals surface area contributed by atoms with Gasteiger partial charge in [-0.2, -0.15) is 0 Å². The summed E-state index contributed by atoms with van der Waals surface area (Å²) in [5, 5.41) is 10.9. The van der Waals surface area contributed by atoms with Crippen molar-refractivity contribution >= 4 is 11.9 Å². The van der Waals surface area contributed by atoms with E-state index in [2.05, 4.69) is 5.32 Å². The average Bonchev–Trinajstić information content (AvgIpc) is 1.94. The number of rotatable bonds is 4. The summed E-state index contributed by atoms with van der Waals surface area (Å²) in [6.07, 6.45) is 1.33. The third-order valence-corrected chi connectivity index (χ3v) is 2.11. The van der Waals surface area contributed by atoms with E-state index >= 15 is 0 Å². The normalized spacial score (nSPS) is 26.2. The Labute approximate surface area is 76.1 Å². The lowest BCUT2D eigenvalue weighted by molar-refractivity contribution is -0.141. The molecule has 0 aromatic heterocycles. The quantitative estimate of drug-likeness (QED) is 0.595. The monoisotopic (exact) mass is 187 g/mol. The van der Waals surface area contributed by atoms with Crippen LogP contribution in [0.5, 0.6) is 0 Å². The number of amides is 1. The minimum absolute atomic E-state index is 0.0943. The van der Waals surface area contributed by atoms with Crippen molar-refractivity contribution in [1.82, 2.24) is 5.32 Å². The third kappa shape index (κ3) is 3.02. The fourth-order valence-corrected chi connectivity index (χ4v) is 1.29. The lowest BCUT2D eigenvalue weighted by atomic mass is 9.89. The number of hydrogen-bond acceptors (Lipinski definition) is 3. The van der Waals surface area contributed by atoms with Crippen LogP contribution < -0.4 is 5.32 Å². The molecule has 2 N–H and O–H groups in total. The molecule has 0 aromatic rings. The summed E-state index contributed by atoms with van der Waals surface area (Å²) in [4.78, 5) is 21.1. The highest BCUT2D eigenvalue weighted by Crippen LogP contribution is 2.22. The number of hydrogen-bond donors (Lipinski definition) is 2. The number of carbonyl (C=O) groups is 2. The van der Waals surface area contributed by atoms with Crippen molar-refractivity contribution in [3.05, 3.63) is 0 Å². The van der Waals surface area contributed by atoms with Gasteiger partial charge in [-0.15, -0.1) is 0 Å². The molecule has 5 heteroatoms. The van der Waals surface area contributed by atoms with Crippen molar-refractivity contribution in [2.75, 3.05) is 7.11 Å². The summed E-state index contributed by atoms with van der Waals surface area (Å²) in [5.41, 5.74) is 0. The second kappa shape index (κ2) is 4.23. The smallest absolute Gasteiger partial charge is 0.312 e. The van der Waals surface area contributed by atoms with E-state index in [0.29, 0.717) is 0 Å². The summed E-state index contributed by atoms with van der Waals surface area (Å²) in [7, 11) is 1.62. The van der Waals surface area contributed by atoms with E-state index in [-0.39, 0.29) is 12.1 Å². The predicted octanol–water partition coefficient (Wildman–Crippen LogP) is -0.245. The molecular formula is C8H13NO4. The summed E-state index contributed by atoms with van der Waals surface area (Å²) in [6.45, 7) is 0. The maximum absolute atomic E-state index is 10.9. The molecule has 5 nitrogen and oxygen atoms in total. The zero-order valence-electron chi connectivity index (χ0n) is 7.45. The Hall–Kier alpha value is -1.10. The van der Waals surface area contributed by atoms with Gasteiger partial charge in [0.2, 0.25) is 5.91 Å². The molecule has 1 saturated carbocycles. The zero-order valence-corrected chi connectivity index (χ0v) is 7.45. The summed E-state index contributed by atoms with van der Waals surface area (Å²) >= 11 is 0. The number of ether oxygens (including phenoxy) is 1. The van der Waals surface area contributed by atoms with E-state index in [1.54, 1.807) is 7.11 Å². The summed E-state index contributed by atoms with van der Waals surface area (Å²) in [5.74, 6) is -1.52. The summed E-state index contributed by atoms with van der Waals surface area (Å²) in [6, 6.07) is 0.0943. The largest absolute Gasteiger partial charge is 0.481 e. The Bertz CT molecular complexity index is 210. The van der Waals surface area contributed by atoms with E-state index in [1.807, 2.05) is 0 Å². The molecule has 0 saturated heterocycles. The van der Waals surface area contributed by atoms with Crippen LogP contribution in [0.1, 0.15) is 19.3 Å². The Morgan fingerprint density at radius 2 is 2.15 bits per heavy atom. The Morgan fingerprint density at radius 1 is 1.54 bits per heavy atom. The van der Waals surface area contributed by atoms with Crippen LogP contribution in [0.4, 0.5) is 0 Å². The zero-order chi connectivity index (χ0) is 9.84. The van der Waals surface area contributed by atoms with Crippen LogP contribution in [-0.4, -0.2) is 36.2 Å². The topological polar surface area (TPSA) is 75.6 Å². The molecule has 0 atom stereocenters. The molecule has 0 bridgehead atoms. The van der Waals surface area contributed by atoms with Crippen LogP contribution in [0.25, 0.3) is 0 Å². The van der Waals surface area contributed by atoms with Crippen LogP contribution in [0.3, 0.4) is 0 Å². The van der Waals surface area contributed by atoms with Crippen molar-refractivity contribution in [3.8, 4) is 0 Å². The van der Waals surface area contributed by atoms with Crippen molar-refractivity contribution in [2.45, 2.75) is 31.4 Å². The first-order chi connectivity index (χ1) is 6.11. The first kappa shape index (κ1) is 9.98. The first-order valence-electron chi connectivity index (χ1n) is 4.15. The fourth-order valence-electron chi connectivity index (χ4n) is 1.29. The second-order valence-electron chi connectivity index (χ2n) is 3.16. The number of aliphatic carboxylic acids is 1. The van der Waals surface area contributed by atoms with Crippen LogP contribution in [-0.2, 0) is 14.3 Å². The highest BCUT2D eigenvalue weighted by molar-refractivity contribution is 5.93. The molecule has 1 aliphatic rings. The number of carboxylic acids is 1. The van der Waals surface area contributed by atoms with Gasteiger partial charge in [0, 0.05) is 13.2 Å². The molecular weight excluding hydrogens is 174 g/mol. The van der Waals surface area contributed by atoms with Crippen LogP contribution in [0.2, 0.25) is 0 Å². The van der Waals surface area contributed by atoms with Crippen molar-refractivity contribution in [2.24, 2.45) is 0 Å². The molecule has 0 radical (unpaired) electrons. The van der Waals surface area contributed by atoms with Gasteiger partial charge in [0.15, 0.2) is 0 Å². The summed E-state index contributed by atoms with van der Waals surface area (Å²) < 4.78 is 5.01. The Kier molecular flexibility index (Phi) is 3.25. The van der Waals surface area contributed by atoms with Gasteiger partial charge < -0.3 is 15.2 Å². The maximum atomic E-state index is 10.9. The lowest BCUT2D eigenvalue weighted by Crippen LogP contribution is -2.47. The molecule has 0 heterocycles. The van der Waals surface area contributed by atoms with E-state index in [4.69, 9.17) is 9.84 Å². The van der Waals surface area contributed by atoms with Gasteiger partial charge in [0.05, 0.1) is 6.10 Å². The van der Waals surface area contributed by atoms with E-state index in [9.17, 15) is 9.59 Å². The van der Waals surface area contributed by atoms with Gasteiger partial charge in [0.1, 0.15) is 6.42 Å². The van der Waals surface area contributed by atoms with Gasteiger partial charge in [-0.05, 0) is 12.8 Å². The Morgan fingerprint density at radius 3 is 2.62 bits per heavy atom. The van der Waals surface area contributed by atoms with Crippen LogP contribution >= 0.6 is 0 Å². The van der Waals surface area contributed by atoms with Crippen molar-refractivity contribution < 1.29 is 19.4 Å². The number of methoxy groups -OCH3 is 1. The van der Waals surface area contributed by atoms with Gasteiger partial charge >= 0.3 is 5.97 Å². The second-order valence-corrected chi connectivity index (χ2v) is 3.16. The van der Waals surface area contributed by atoms with E-state index in [1.165, 1.54) is 0 Å². The Balaban J connectivity index is 2.13. The molecule has 1 amide bonds. The highest BCUT2D eigenvalue weighted by Gasteiger charge is 2.30. The average molecular weight is 187 g/mol. The maximum Gasteiger partial charge on any atom is 0.312 e. The highest BCUT2D eigenvalue weighted by atomic mass is 16.5. The molecule has 0 aliphatic heterocycles. The fraction of sp³-hybridized carbons (Fsp3) is 0.750. The molecule has 0 spiro atoms. The van der Waals surface area contributed by atoms with Gasteiger partial charge in [-0.25, -0.2) is 0 Å². The van der Waals surface area contributed by atoms with Gasteiger partial charge in [0.25, 0.3) is 0 Å². The van der Waals surface area contributed by atoms with Crippen molar-refractivity contribution in [1.29, 1.82) is 0 Å². The van der Waals surface area contributed by atoms with Crippen LogP contribution in [0, 0.1) is 0 Å². The first-order valence-corrected chi connectivity index (χ1v) is 4.15. The molecule has 74 valence electrons. The van der Waals surface area contributed by atoms with Gasteiger partial charge in [-0.3, -0.25) is 9.59 Å². The number of carbonyl (C=O) groups excluding carboxylic acids is 1. The van der Waals surface area contributed by atoms with E-state index in [0.717, 1.165) is 12.8 Å². The minimum Gasteiger partial charge on any atom is -0.481 e. The lowest BCUT2D eigenvalue weighted by Gasteiger charge is -2.34. The minimum atomic E-state index is -1.10. The molecule has 1 rings (SSSR count). The molecule has 0 aromatic carbocycles. The molecule has 13 heavy (non-hydrogen) atoms. The van der Waals surface area contributed by atoms with Gasteiger partial charge in [-0.1, -0.05) is 0 Å². The third-order valence-electron chi connectivity index (χ3n) is 2.11. The van der Waals surface area contributed by atoms with Crippen LogP contribution in [0.15, 0.2) is 0 Å². The standard InChI is InChI=1S/C8H13NO4/c1-13-6-2-5(3-6)9-7(10)4-8(11)12/h5-6H,2-4H2,1H3,(H,9,10)(H,11,12). The SMILES string of the molecule is COC1CC(NC(=O)CC(=O)O)C1. The number of nitrogens with one attached hydrogen (secondary N) is 1. The van der Waals surface area contributed by atoms with Crippen molar-refractivity contribution in [3.63, 3.8) is 0 Å². The predicted molar refractivity (Wildman–Crippen MR) is 44.2 cm³/mol.